The van der Waals surface area contributed by atoms with E-state index in [9.17, 15) is 0 Å². The molecule has 0 bridgehead atoms. The van der Waals surface area contributed by atoms with Crippen molar-refractivity contribution < 1.29 is 0 Å². The summed E-state index contributed by atoms with van der Waals surface area (Å²) < 4.78 is 2.08. The van der Waals surface area contributed by atoms with Crippen LogP contribution in [0.5, 0.6) is 0 Å². The molecule has 2 aromatic heterocycles. The van der Waals surface area contributed by atoms with Crippen molar-refractivity contribution in [3.05, 3.63) is 43.7 Å². The van der Waals surface area contributed by atoms with Crippen molar-refractivity contribution in [2.75, 3.05) is 5.73 Å². The quantitative estimate of drug-likeness (QED) is 0.565. The smallest absolute Gasteiger partial charge is 0.153 e. The fourth-order valence-electron chi connectivity index (χ4n) is 2.19. The molecule has 0 amide bonds. The third kappa shape index (κ3) is 2.67. The first kappa shape index (κ1) is 14.8. The lowest BCUT2D eigenvalue weighted by Gasteiger charge is -2.06. The van der Waals surface area contributed by atoms with Crippen LogP contribution in [0.1, 0.15) is 11.1 Å². The third-order valence-electron chi connectivity index (χ3n) is 3.48. The summed E-state index contributed by atoms with van der Waals surface area (Å²) >= 11 is 8.69. The summed E-state index contributed by atoms with van der Waals surface area (Å²) in [5.74, 6) is 0.522. The van der Waals surface area contributed by atoms with Gasteiger partial charge in [0.25, 0.3) is 0 Å². The van der Waals surface area contributed by atoms with Crippen molar-refractivity contribution >= 4 is 49.0 Å². The number of rotatable bonds is 2. The number of nitrogen functional groups attached to an aromatic ring is 1. The lowest BCUT2D eigenvalue weighted by molar-refractivity contribution is 1.11. The van der Waals surface area contributed by atoms with Gasteiger partial charge in [0.2, 0.25) is 0 Å². The maximum atomic E-state index is 6.08. The number of aromatic amines is 1. The first-order valence-corrected chi connectivity index (χ1v) is 8.74. The Kier molecular flexibility index (Phi) is 3.94. The molecule has 0 aliphatic carbocycles. The molecule has 1 aromatic carbocycles. The van der Waals surface area contributed by atoms with Crippen molar-refractivity contribution in [1.82, 2.24) is 10.2 Å². The van der Waals surface area contributed by atoms with E-state index in [1.165, 1.54) is 11.1 Å². The number of anilines is 1. The SMILES string of the molecule is Cc1ccc(-c2c(N)n[nH]c2-c2cc(Br)c(Br)s2)cc1C. The topological polar surface area (TPSA) is 54.7 Å². The van der Waals surface area contributed by atoms with Gasteiger partial charge in [0.15, 0.2) is 5.82 Å². The zero-order valence-electron chi connectivity index (χ0n) is 11.5. The zero-order valence-corrected chi connectivity index (χ0v) is 15.5. The van der Waals surface area contributed by atoms with Crippen molar-refractivity contribution in [3.63, 3.8) is 0 Å². The molecule has 3 rings (SSSR count). The Morgan fingerprint density at radius 2 is 1.90 bits per heavy atom. The fourth-order valence-corrected chi connectivity index (χ4v) is 4.23. The zero-order chi connectivity index (χ0) is 15.1. The Morgan fingerprint density at radius 1 is 1.14 bits per heavy atom. The van der Waals surface area contributed by atoms with Crippen LogP contribution >= 0.6 is 43.2 Å². The van der Waals surface area contributed by atoms with Crippen LogP contribution in [-0.4, -0.2) is 10.2 Å². The lowest BCUT2D eigenvalue weighted by atomic mass is 10.00. The van der Waals surface area contributed by atoms with E-state index in [-0.39, 0.29) is 0 Å². The maximum absolute atomic E-state index is 6.08. The molecule has 0 spiro atoms. The molecular formula is C15H13Br2N3S. The van der Waals surface area contributed by atoms with Crippen LogP contribution in [0.15, 0.2) is 32.5 Å². The van der Waals surface area contributed by atoms with E-state index in [2.05, 4.69) is 80.2 Å². The molecule has 0 fully saturated rings. The summed E-state index contributed by atoms with van der Waals surface area (Å²) in [6.45, 7) is 4.21. The van der Waals surface area contributed by atoms with Gasteiger partial charge in [-0.15, -0.1) is 11.3 Å². The predicted molar refractivity (Wildman–Crippen MR) is 96.6 cm³/mol. The van der Waals surface area contributed by atoms with Gasteiger partial charge in [0.05, 0.1) is 19.9 Å². The largest absolute Gasteiger partial charge is 0.382 e. The second kappa shape index (κ2) is 5.59. The van der Waals surface area contributed by atoms with Gasteiger partial charge in [-0.2, -0.15) is 5.10 Å². The Hall–Kier alpha value is -1.11. The molecule has 0 saturated heterocycles. The first-order chi connectivity index (χ1) is 9.97. The second-order valence-corrected chi connectivity index (χ2v) is 8.11. The van der Waals surface area contributed by atoms with E-state index in [0.29, 0.717) is 5.82 Å². The number of aromatic nitrogens is 2. The van der Waals surface area contributed by atoms with E-state index < -0.39 is 0 Å². The molecule has 6 heteroatoms. The van der Waals surface area contributed by atoms with Crippen LogP contribution in [-0.2, 0) is 0 Å². The summed E-state index contributed by atoms with van der Waals surface area (Å²) in [7, 11) is 0. The maximum Gasteiger partial charge on any atom is 0.153 e. The molecule has 2 heterocycles. The number of halogens is 2. The molecular weight excluding hydrogens is 414 g/mol. The standard InChI is InChI=1S/C15H13Br2N3S/c1-7-3-4-9(5-8(7)2)12-13(19-20-15(12)18)11-6-10(16)14(17)21-11/h3-6H,1-2H3,(H3,18,19,20). The van der Waals surface area contributed by atoms with Crippen molar-refractivity contribution in [2.45, 2.75) is 13.8 Å². The first-order valence-electron chi connectivity index (χ1n) is 6.34. The summed E-state index contributed by atoms with van der Waals surface area (Å²) in [6, 6.07) is 8.41. The number of nitrogens with zero attached hydrogens (tertiary/aromatic N) is 1. The number of hydrogen-bond acceptors (Lipinski definition) is 3. The normalized spacial score (nSPS) is 11.0. The van der Waals surface area contributed by atoms with Crippen LogP contribution in [0.4, 0.5) is 5.82 Å². The Morgan fingerprint density at radius 3 is 2.52 bits per heavy atom. The average molecular weight is 427 g/mol. The highest BCUT2D eigenvalue weighted by atomic mass is 79.9. The Bertz CT molecular complexity index is 801. The van der Waals surface area contributed by atoms with E-state index in [0.717, 1.165) is 30.0 Å². The van der Waals surface area contributed by atoms with Crippen molar-refractivity contribution in [3.8, 4) is 21.7 Å². The molecule has 108 valence electrons. The Labute approximate surface area is 143 Å². The monoisotopic (exact) mass is 425 g/mol. The molecule has 0 saturated carbocycles. The number of nitrogens with one attached hydrogen (secondary N) is 1. The van der Waals surface area contributed by atoms with Crippen LogP contribution in [0, 0.1) is 13.8 Å². The molecule has 3 N–H and O–H groups in total. The van der Waals surface area contributed by atoms with Crippen molar-refractivity contribution in [2.24, 2.45) is 0 Å². The molecule has 0 aliphatic heterocycles. The third-order valence-corrected chi connectivity index (χ3v) is 6.76. The van der Waals surface area contributed by atoms with Crippen LogP contribution in [0.2, 0.25) is 0 Å². The van der Waals surface area contributed by atoms with Gasteiger partial charge in [-0.1, -0.05) is 18.2 Å². The minimum atomic E-state index is 0.522. The number of thiophene rings is 1. The highest BCUT2D eigenvalue weighted by molar-refractivity contribution is 9.13. The van der Waals surface area contributed by atoms with E-state index >= 15 is 0 Å². The summed E-state index contributed by atoms with van der Waals surface area (Å²) in [5.41, 5.74) is 11.6. The van der Waals surface area contributed by atoms with Gasteiger partial charge in [-0.05, 0) is 68.5 Å². The van der Waals surface area contributed by atoms with Crippen molar-refractivity contribution in [1.29, 1.82) is 0 Å². The van der Waals surface area contributed by atoms with E-state index in [4.69, 9.17) is 5.73 Å². The van der Waals surface area contributed by atoms with Crippen LogP contribution in [0.25, 0.3) is 21.7 Å². The molecule has 0 radical (unpaired) electrons. The van der Waals surface area contributed by atoms with Gasteiger partial charge in [0.1, 0.15) is 0 Å². The minimum Gasteiger partial charge on any atom is -0.382 e. The van der Waals surface area contributed by atoms with E-state index in [1.54, 1.807) is 11.3 Å². The predicted octanol–water partition coefficient (Wildman–Crippen LogP) is 5.53. The summed E-state index contributed by atoms with van der Waals surface area (Å²) in [4.78, 5) is 1.09. The van der Waals surface area contributed by atoms with Gasteiger partial charge >= 0.3 is 0 Å². The van der Waals surface area contributed by atoms with E-state index in [1.807, 2.05) is 0 Å². The highest BCUT2D eigenvalue weighted by Crippen LogP contribution is 2.42. The number of hydrogen-bond donors (Lipinski definition) is 2. The number of nitrogens with two attached hydrogens (primary N) is 1. The van der Waals surface area contributed by atoms with Gasteiger partial charge in [0, 0.05) is 4.47 Å². The molecule has 0 aliphatic rings. The number of benzene rings is 1. The number of H-pyrrole nitrogens is 1. The molecule has 0 atom stereocenters. The molecule has 0 unspecified atom stereocenters. The number of aryl methyl sites for hydroxylation is 2. The summed E-state index contributed by atoms with van der Waals surface area (Å²) in [6.07, 6.45) is 0. The van der Waals surface area contributed by atoms with Crippen LogP contribution in [0.3, 0.4) is 0 Å². The second-order valence-electron chi connectivity index (χ2n) is 4.89. The van der Waals surface area contributed by atoms with Gasteiger partial charge in [-0.25, -0.2) is 0 Å². The minimum absolute atomic E-state index is 0.522. The molecule has 3 nitrogen and oxygen atoms in total. The lowest BCUT2D eigenvalue weighted by Crippen LogP contribution is -1.90. The summed E-state index contributed by atoms with van der Waals surface area (Å²) in [5, 5.41) is 7.25. The fraction of sp³-hybridized carbons (Fsp3) is 0.133. The van der Waals surface area contributed by atoms with Crippen LogP contribution < -0.4 is 5.73 Å². The average Bonchev–Trinajstić information content (AvgIpc) is 2.97. The van der Waals surface area contributed by atoms with Gasteiger partial charge < -0.3 is 5.73 Å². The molecule has 21 heavy (non-hydrogen) atoms. The Balaban J connectivity index is 2.19. The van der Waals surface area contributed by atoms with Gasteiger partial charge in [-0.3, -0.25) is 5.10 Å². The highest BCUT2D eigenvalue weighted by Gasteiger charge is 2.17. The molecule has 3 aromatic rings.